The molecule has 0 aliphatic rings. The van der Waals surface area contributed by atoms with Crippen molar-refractivity contribution in [2.24, 2.45) is 5.73 Å². The Morgan fingerprint density at radius 3 is 2.16 bits per heavy atom. The van der Waals surface area contributed by atoms with Crippen LogP contribution in [0.25, 0.3) is 0 Å². The summed E-state index contributed by atoms with van der Waals surface area (Å²) in [5, 5.41) is 10.3. The maximum absolute atomic E-state index is 12.1. The Labute approximate surface area is 120 Å². The smallest absolute Gasteiger partial charge is 0.329 e. The molecular formula is C13H21ClN4O. The Kier molecular flexibility index (Phi) is 6.35. The van der Waals surface area contributed by atoms with Gasteiger partial charge in [0.05, 0.1) is 5.69 Å². The molecule has 4 N–H and O–H groups in total. The molecule has 2 amide bonds. The summed E-state index contributed by atoms with van der Waals surface area (Å²) in [5.74, 6) is -0.287. The Morgan fingerprint density at radius 1 is 1.32 bits per heavy atom. The summed E-state index contributed by atoms with van der Waals surface area (Å²) < 4.78 is 0. The standard InChI is InChI=1S/C13H20N4O.ClH/c1-8(2)16-13(18)17(12(14)15)11-9(3)6-5-7-10(11)4;/h5-8H,1-4H3,(H3,14,15)(H,16,18);1H. The third-order valence-corrected chi connectivity index (χ3v) is 2.52. The van der Waals surface area contributed by atoms with Crippen molar-refractivity contribution in [3.05, 3.63) is 29.3 Å². The number of nitrogens with zero attached hydrogens (tertiary/aromatic N) is 1. The fraction of sp³-hybridized carbons (Fsp3) is 0.385. The summed E-state index contributed by atoms with van der Waals surface area (Å²) in [5.41, 5.74) is 8.01. The molecule has 5 nitrogen and oxygen atoms in total. The number of guanidine groups is 1. The highest BCUT2D eigenvalue weighted by Crippen LogP contribution is 2.24. The maximum Gasteiger partial charge on any atom is 0.329 e. The van der Waals surface area contributed by atoms with Crippen molar-refractivity contribution in [2.75, 3.05) is 4.90 Å². The summed E-state index contributed by atoms with van der Waals surface area (Å²) in [6, 6.07) is 5.30. The highest BCUT2D eigenvalue weighted by atomic mass is 35.5. The van der Waals surface area contributed by atoms with Crippen LogP contribution in [0, 0.1) is 19.3 Å². The molecule has 1 rings (SSSR count). The number of carbonyl (C=O) groups is 1. The second-order valence-corrected chi connectivity index (χ2v) is 4.57. The molecule has 0 radical (unpaired) electrons. The van der Waals surface area contributed by atoms with E-state index in [1.54, 1.807) is 0 Å². The van der Waals surface area contributed by atoms with Gasteiger partial charge in [-0.2, -0.15) is 0 Å². The SMILES string of the molecule is Cc1cccc(C)c1N(C(=N)N)C(=O)NC(C)C.Cl. The lowest BCUT2D eigenvalue weighted by molar-refractivity contribution is 0.246. The van der Waals surface area contributed by atoms with E-state index in [4.69, 9.17) is 11.1 Å². The number of carbonyl (C=O) groups excluding carboxylic acids is 1. The molecule has 0 saturated heterocycles. The molecule has 0 aromatic heterocycles. The number of urea groups is 1. The number of para-hydroxylation sites is 1. The highest BCUT2D eigenvalue weighted by Gasteiger charge is 2.22. The molecule has 1 aromatic rings. The zero-order chi connectivity index (χ0) is 13.9. The van der Waals surface area contributed by atoms with Gasteiger partial charge in [-0.1, -0.05) is 18.2 Å². The van der Waals surface area contributed by atoms with Crippen molar-refractivity contribution in [3.63, 3.8) is 0 Å². The molecule has 0 unspecified atom stereocenters. The number of amides is 2. The van der Waals surface area contributed by atoms with Crippen molar-refractivity contribution in [3.8, 4) is 0 Å². The Morgan fingerprint density at radius 2 is 1.79 bits per heavy atom. The summed E-state index contributed by atoms with van der Waals surface area (Å²) in [6.45, 7) is 7.50. The minimum absolute atomic E-state index is 0. The summed E-state index contributed by atoms with van der Waals surface area (Å²) in [4.78, 5) is 13.3. The number of anilines is 1. The van der Waals surface area contributed by atoms with Gasteiger partial charge in [0.2, 0.25) is 5.96 Å². The lowest BCUT2D eigenvalue weighted by atomic mass is 10.1. The van der Waals surface area contributed by atoms with Gasteiger partial charge in [-0.3, -0.25) is 5.41 Å². The molecule has 0 fully saturated rings. The number of aryl methyl sites for hydroxylation is 2. The first-order valence-electron chi connectivity index (χ1n) is 5.85. The zero-order valence-corrected chi connectivity index (χ0v) is 12.5. The molecule has 0 heterocycles. The largest absolute Gasteiger partial charge is 0.369 e. The zero-order valence-electron chi connectivity index (χ0n) is 11.7. The average Bonchev–Trinajstić information content (AvgIpc) is 2.21. The van der Waals surface area contributed by atoms with Gasteiger partial charge in [0.15, 0.2) is 0 Å². The molecule has 0 spiro atoms. The fourth-order valence-electron chi connectivity index (χ4n) is 1.80. The number of nitrogens with two attached hydrogens (primary N) is 1. The number of nitrogens with one attached hydrogen (secondary N) is 2. The average molecular weight is 285 g/mol. The van der Waals surface area contributed by atoms with Crippen molar-refractivity contribution in [2.45, 2.75) is 33.7 Å². The van der Waals surface area contributed by atoms with Crippen LogP contribution >= 0.6 is 12.4 Å². The van der Waals surface area contributed by atoms with Crippen LogP contribution < -0.4 is 16.0 Å². The second kappa shape index (κ2) is 6.99. The van der Waals surface area contributed by atoms with E-state index in [0.717, 1.165) is 11.1 Å². The Balaban J connectivity index is 0.00000324. The first-order valence-corrected chi connectivity index (χ1v) is 5.85. The molecule has 0 saturated carbocycles. The van der Waals surface area contributed by atoms with Gasteiger partial charge in [0.1, 0.15) is 0 Å². The molecule has 0 aliphatic carbocycles. The monoisotopic (exact) mass is 284 g/mol. The third-order valence-electron chi connectivity index (χ3n) is 2.52. The summed E-state index contributed by atoms with van der Waals surface area (Å²) >= 11 is 0. The number of hydrogen-bond donors (Lipinski definition) is 3. The van der Waals surface area contributed by atoms with Crippen LogP contribution in [-0.2, 0) is 0 Å². The van der Waals surface area contributed by atoms with E-state index in [2.05, 4.69) is 5.32 Å². The van der Waals surface area contributed by atoms with Crippen LogP contribution in [0.15, 0.2) is 18.2 Å². The van der Waals surface area contributed by atoms with Crippen molar-refractivity contribution < 1.29 is 4.79 Å². The Bertz CT molecular complexity index is 453. The van der Waals surface area contributed by atoms with Gasteiger partial charge in [0.25, 0.3) is 0 Å². The number of benzene rings is 1. The molecule has 0 aliphatic heterocycles. The fourth-order valence-corrected chi connectivity index (χ4v) is 1.80. The summed E-state index contributed by atoms with van der Waals surface area (Å²) in [7, 11) is 0. The molecule has 0 bridgehead atoms. The van der Waals surface area contributed by atoms with Gasteiger partial charge in [-0.05, 0) is 38.8 Å². The van der Waals surface area contributed by atoms with Crippen LogP contribution in [0.3, 0.4) is 0 Å². The molecule has 19 heavy (non-hydrogen) atoms. The second-order valence-electron chi connectivity index (χ2n) is 4.57. The van der Waals surface area contributed by atoms with Crippen LogP contribution in [0.1, 0.15) is 25.0 Å². The van der Waals surface area contributed by atoms with Crippen LogP contribution in [0.4, 0.5) is 10.5 Å². The molecule has 0 atom stereocenters. The minimum atomic E-state index is -0.380. The number of rotatable bonds is 2. The normalized spacial score (nSPS) is 9.74. The lowest BCUT2D eigenvalue weighted by Gasteiger charge is -2.25. The maximum atomic E-state index is 12.1. The van der Waals surface area contributed by atoms with Crippen LogP contribution in [0.5, 0.6) is 0 Å². The molecule has 106 valence electrons. The predicted molar refractivity (Wildman–Crippen MR) is 81.2 cm³/mol. The van der Waals surface area contributed by atoms with Gasteiger partial charge in [0, 0.05) is 6.04 Å². The molecule has 1 aromatic carbocycles. The van der Waals surface area contributed by atoms with Gasteiger partial charge in [-0.25, -0.2) is 9.69 Å². The van der Waals surface area contributed by atoms with E-state index < -0.39 is 0 Å². The molecular weight excluding hydrogens is 264 g/mol. The minimum Gasteiger partial charge on any atom is -0.369 e. The number of halogens is 1. The van der Waals surface area contributed by atoms with E-state index >= 15 is 0 Å². The lowest BCUT2D eigenvalue weighted by Crippen LogP contribution is -2.49. The van der Waals surface area contributed by atoms with Crippen LogP contribution in [0.2, 0.25) is 0 Å². The summed E-state index contributed by atoms with van der Waals surface area (Å²) in [6.07, 6.45) is 0. The highest BCUT2D eigenvalue weighted by molar-refractivity contribution is 6.14. The topological polar surface area (TPSA) is 82.2 Å². The van der Waals surface area contributed by atoms with Crippen LogP contribution in [-0.4, -0.2) is 18.0 Å². The van der Waals surface area contributed by atoms with E-state index in [9.17, 15) is 4.79 Å². The quantitative estimate of drug-likeness (QED) is 0.576. The van der Waals surface area contributed by atoms with Crippen molar-refractivity contribution >= 4 is 30.1 Å². The van der Waals surface area contributed by atoms with Crippen molar-refractivity contribution in [1.29, 1.82) is 5.41 Å². The van der Waals surface area contributed by atoms with E-state index in [1.807, 2.05) is 45.9 Å². The first-order chi connectivity index (χ1) is 8.34. The van der Waals surface area contributed by atoms with Gasteiger partial charge < -0.3 is 11.1 Å². The molecule has 6 heteroatoms. The van der Waals surface area contributed by atoms with Crippen molar-refractivity contribution in [1.82, 2.24) is 5.32 Å². The number of hydrogen-bond acceptors (Lipinski definition) is 2. The predicted octanol–water partition coefficient (Wildman–Crippen LogP) is 2.54. The third kappa shape index (κ3) is 4.13. The van der Waals surface area contributed by atoms with E-state index in [1.165, 1.54) is 4.90 Å². The van der Waals surface area contributed by atoms with E-state index in [0.29, 0.717) is 5.69 Å². The first kappa shape index (κ1) is 17.2. The van der Waals surface area contributed by atoms with E-state index in [-0.39, 0.29) is 30.4 Å². The van der Waals surface area contributed by atoms with Gasteiger partial charge in [-0.15, -0.1) is 12.4 Å². The Hall–Kier alpha value is -1.75. The van der Waals surface area contributed by atoms with Gasteiger partial charge >= 0.3 is 6.03 Å².